The van der Waals surface area contributed by atoms with Crippen LogP contribution in [0.5, 0.6) is 5.75 Å². The lowest BCUT2D eigenvalue weighted by Gasteiger charge is -2.08. The van der Waals surface area contributed by atoms with Gasteiger partial charge in [0, 0.05) is 5.87 Å². The lowest BCUT2D eigenvalue weighted by molar-refractivity contribution is 0.560. The molecule has 1 atom stereocenters. The molecule has 132 valence electrons. The molecule has 0 fully saturated rings. The Bertz CT molecular complexity index is 872. The van der Waals surface area contributed by atoms with E-state index in [9.17, 15) is 4.21 Å². The first kappa shape index (κ1) is 18.7. The first-order chi connectivity index (χ1) is 12.0. The predicted octanol–water partition coefficient (Wildman–Crippen LogP) is 2.90. The maximum Gasteiger partial charge on any atom is 0.180 e. The van der Waals surface area contributed by atoms with Crippen LogP contribution >= 0.6 is 0 Å². The van der Waals surface area contributed by atoms with Crippen molar-refractivity contribution in [2.45, 2.75) is 20.4 Å². The summed E-state index contributed by atoms with van der Waals surface area (Å²) in [5.74, 6) is 3.69. The molecule has 0 amide bonds. The van der Waals surface area contributed by atoms with Gasteiger partial charge in [-0.05, 0) is 28.8 Å². The van der Waals surface area contributed by atoms with Gasteiger partial charge < -0.3 is 4.18 Å². The van der Waals surface area contributed by atoms with E-state index in [0.29, 0.717) is 12.3 Å². The Balaban J connectivity index is 0.00000109. The Morgan fingerprint density at radius 2 is 1.64 bits per heavy atom. The highest BCUT2D eigenvalue weighted by Crippen LogP contribution is 2.23. The highest BCUT2D eigenvalue weighted by Gasteiger charge is 2.02. The molecule has 2 N–H and O–H groups in total. The van der Waals surface area contributed by atoms with Crippen LogP contribution < -0.4 is 9.32 Å². The number of hydrogen-bond acceptors (Lipinski definition) is 4. The van der Waals surface area contributed by atoms with Crippen LogP contribution in [0.4, 0.5) is 0 Å². The lowest BCUT2D eigenvalue weighted by Crippen LogP contribution is -2.18. The van der Waals surface area contributed by atoms with Crippen molar-refractivity contribution >= 4 is 15.9 Å². The van der Waals surface area contributed by atoms with Crippen molar-refractivity contribution in [1.29, 1.82) is 0 Å². The van der Waals surface area contributed by atoms with Crippen LogP contribution in [-0.4, -0.2) is 24.8 Å². The van der Waals surface area contributed by atoms with Crippen molar-refractivity contribution in [1.82, 2.24) is 14.8 Å². The summed E-state index contributed by atoms with van der Waals surface area (Å²) in [7, 11) is -3.00. The normalized spacial score (nSPS) is 12.6. The number of aromatic nitrogens is 3. The largest absolute Gasteiger partial charge is 0.398 e. The van der Waals surface area contributed by atoms with Gasteiger partial charge in [0.25, 0.3) is 0 Å². The van der Waals surface area contributed by atoms with Gasteiger partial charge >= 0.3 is 0 Å². The van der Waals surface area contributed by atoms with Gasteiger partial charge in [-0.25, -0.2) is 19.0 Å². The van der Waals surface area contributed by atoms with Gasteiger partial charge in [0.1, 0.15) is 18.4 Å². The van der Waals surface area contributed by atoms with Crippen molar-refractivity contribution in [3.63, 3.8) is 0 Å². The molecule has 1 unspecified atom stereocenters. The van der Waals surface area contributed by atoms with Gasteiger partial charge in [0.2, 0.25) is 0 Å². The number of rotatable bonds is 5. The number of benzene rings is 2. The molecule has 25 heavy (non-hydrogen) atoms. The van der Waals surface area contributed by atoms with Crippen molar-refractivity contribution in [3.8, 4) is 16.9 Å². The molecule has 1 aromatic heterocycles. The summed E-state index contributed by atoms with van der Waals surface area (Å²) in [5.41, 5.74) is 3.23. The Labute approximate surface area is 148 Å². The molecule has 0 aliphatic heterocycles. The molecule has 7 heteroatoms. The molecule has 3 aromatic rings. The summed E-state index contributed by atoms with van der Waals surface area (Å²) in [4.78, 5) is 3.92. The van der Waals surface area contributed by atoms with Crippen LogP contribution in [-0.2, 0) is 16.5 Å². The zero-order valence-electron chi connectivity index (χ0n) is 14.3. The molecule has 0 aliphatic carbocycles. The Morgan fingerprint density at radius 3 is 2.12 bits per heavy atom. The minimum atomic E-state index is -3.00. The summed E-state index contributed by atoms with van der Waals surface area (Å²) in [5, 5.41) is 9.36. The second kappa shape index (κ2) is 8.46. The zero-order chi connectivity index (χ0) is 18.3. The Kier molecular flexibility index (Phi) is 6.32. The predicted molar refractivity (Wildman–Crippen MR) is 102 cm³/mol. The van der Waals surface area contributed by atoms with E-state index in [4.69, 9.17) is 9.32 Å². The molecule has 6 nitrogen and oxygen atoms in total. The molecule has 0 spiro atoms. The van der Waals surface area contributed by atoms with E-state index in [-0.39, 0.29) is 0 Å². The van der Waals surface area contributed by atoms with Crippen molar-refractivity contribution in [2.24, 2.45) is 5.14 Å². The van der Waals surface area contributed by atoms with Crippen LogP contribution in [0.15, 0.2) is 61.2 Å². The summed E-state index contributed by atoms with van der Waals surface area (Å²) >= 11 is 0. The number of nitrogens with two attached hydrogens (primary N) is 1. The smallest absolute Gasteiger partial charge is 0.180 e. The number of hydrogen-bond donors (Lipinski definition) is 1. The number of nitrogens with zero attached hydrogens (tertiary/aromatic N) is 3. The molecule has 1 heterocycles. The van der Waals surface area contributed by atoms with Gasteiger partial charge in [0.05, 0.1) is 6.54 Å². The molecular formula is C18H22N4O2S. The maximum absolute atomic E-state index is 11.3. The third-order valence-corrected chi connectivity index (χ3v) is 3.66. The topological polar surface area (TPSA) is 83.0 Å². The molecule has 0 saturated carbocycles. The summed E-state index contributed by atoms with van der Waals surface area (Å²) in [6.07, 6.45) is 3.20. The van der Waals surface area contributed by atoms with Crippen molar-refractivity contribution < 1.29 is 8.39 Å². The van der Waals surface area contributed by atoms with Crippen molar-refractivity contribution in [2.75, 3.05) is 0 Å². The zero-order valence-corrected chi connectivity index (χ0v) is 15.1. The van der Waals surface area contributed by atoms with E-state index >= 15 is 0 Å². The minimum Gasteiger partial charge on any atom is -0.398 e. The van der Waals surface area contributed by atoms with Crippen molar-refractivity contribution in [3.05, 3.63) is 66.7 Å². The minimum absolute atomic E-state index is 0.430. The second-order valence-corrected chi connectivity index (χ2v) is 6.55. The molecule has 0 radical (unpaired) electrons. The SMILES string of the molecule is C=S(N)(=O)Oc1ccc(-c2ccc(Cn3cncn3)cc2)cc1.CC. The van der Waals surface area contributed by atoms with E-state index in [1.165, 1.54) is 6.33 Å². The van der Waals surface area contributed by atoms with E-state index in [2.05, 4.69) is 16.0 Å². The fourth-order valence-corrected chi connectivity index (χ4v) is 2.61. The quantitative estimate of drug-likeness (QED) is 0.711. The first-order valence-corrected chi connectivity index (χ1v) is 9.57. The standard InChI is InChI=1S/C16H16N4O2S.C2H6/c1-23(17,21)22-16-8-6-15(7-9-16)14-4-2-13(3-5-14)10-20-12-18-11-19-20;1-2/h2-9,11-12H,1,10H2,(H2,17,21);1-2H3. The van der Waals surface area contributed by atoms with E-state index in [0.717, 1.165) is 16.7 Å². The Hall–Kier alpha value is -2.64. The van der Waals surface area contributed by atoms with E-state index < -0.39 is 9.99 Å². The summed E-state index contributed by atoms with van der Waals surface area (Å²) in [6, 6.07) is 15.4. The third kappa shape index (κ3) is 5.74. The Morgan fingerprint density at radius 1 is 1.08 bits per heavy atom. The van der Waals surface area contributed by atoms with Crippen LogP contribution in [0, 0.1) is 0 Å². The fraction of sp³-hybridized carbons (Fsp3) is 0.167. The summed E-state index contributed by atoms with van der Waals surface area (Å²) in [6.45, 7) is 4.68. The average molecular weight is 358 g/mol. The van der Waals surface area contributed by atoms with Gasteiger partial charge in [-0.2, -0.15) is 5.10 Å². The average Bonchev–Trinajstić information content (AvgIpc) is 3.10. The van der Waals surface area contributed by atoms with Crippen LogP contribution in [0.25, 0.3) is 11.1 Å². The van der Waals surface area contributed by atoms with Gasteiger partial charge in [-0.1, -0.05) is 50.2 Å². The molecule has 0 saturated heterocycles. The first-order valence-electron chi connectivity index (χ1n) is 7.86. The molecule has 2 aromatic carbocycles. The highest BCUT2D eigenvalue weighted by atomic mass is 32.2. The monoisotopic (exact) mass is 358 g/mol. The molecular weight excluding hydrogens is 336 g/mol. The molecule has 3 rings (SSSR count). The highest BCUT2D eigenvalue weighted by molar-refractivity contribution is 7.94. The molecule has 0 aliphatic rings. The van der Waals surface area contributed by atoms with E-state index in [1.807, 2.05) is 50.2 Å². The van der Waals surface area contributed by atoms with Gasteiger partial charge in [-0.15, -0.1) is 0 Å². The molecule has 0 bridgehead atoms. The van der Waals surface area contributed by atoms with Crippen LogP contribution in [0.1, 0.15) is 19.4 Å². The summed E-state index contributed by atoms with van der Waals surface area (Å²) < 4.78 is 18.1. The second-order valence-electron chi connectivity index (χ2n) is 5.06. The third-order valence-electron chi connectivity index (χ3n) is 3.19. The fourth-order valence-electron chi connectivity index (χ4n) is 2.17. The maximum atomic E-state index is 11.3. The van der Waals surface area contributed by atoms with Gasteiger partial charge in [-0.3, -0.25) is 0 Å². The lowest BCUT2D eigenvalue weighted by atomic mass is 10.0. The van der Waals surface area contributed by atoms with Crippen LogP contribution in [0.3, 0.4) is 0 Å². The van der Waals surface area contributed by atoms with E-state index in [1.54, 1.807) is 23.1 Å². The van der Waals surface area contributed by atoms with Crippen LogP contribution in [0.2, 0.25) is 0 Å². The van der Waals surface area contributed by atoms with Gasteiger partial charge in [0.15, 0.2) is 9.99 Å².